The Kier molecular flexibility index (Phi) is 3.02. The minimum absolute atomic E-state index is 0.316. The van der Waals surface area contributed by atoms with E-state index >= 15 is 0 Å². The largest absolute Gasteiger partial charge is 0.465 e. The van der Waals surface area contributed by atoms with Gasteiger partial charge in [-0.05, 0) is 23.8 Å². The van der Waals surface area contributed by atoms with Crippen LogP contribution in [-0.4, -0.2) is 18.1 Å². The van der Waals surface area contributed by atoms with Gasteiger partial charge in [-0.2, -0.15) is 5.26 Å². The zero-order valence-corrected chi connectivity index (χ0v) is 9.73. The van der Waals surface area contributed by atoms with Crippen LogP contribution in [0.15, 0.2) is 30.3 Å². The SMILES string of the molecule is COC(=O)c1cccc(-c2cc(C#N)c(N)[nH]2)c1. The van der Waals surface area contributed by atoms with Gasteiger partial charge in [-0.3, -0.25) is 0 Å². The molecule has 5 nitrogen and oxygen atoms in total. The summed E-state index contributed by atoms with van der Waals surface area (Å²) in [5.41, 5.74) is 7.93. The van der Waals surface area contributed by atoms with Gasteiger partial charge in [0.05, 0.1) is 18.2 Å². The lowest BCUT2D eigenvalue weighted by molar-refractivity contribution is 0.0601. The second-order valence-electron chi connectivity index (χ2n) is 3.69. The number of carbonyl (C=O) groups excluding carboxylic acids is 1. The molecule has 1 aromatic carbocycles. The van der Waals surface area contributed by atoms with E-state index in [9.17, 15) is 4.79 Å². The summed E-state index contributed by atoms with van der Waals surface area (Å²) in [5.74, 6) is -0.0899. The molecule has 0 radical (unpaired) electrons. The van der Waals surface area contributed by atoms with Crippen molar-refractivity contribution in [2.45, 2.75) is 0 Å². The number of hydrogen-bond donors (Lipinski definition) is 2. The van der Waals surface area contributed by atoms with Crippen LogP contribution in [0, 0.1) is 11.3 Å². The van der Waals surface area contributed by atoms with Crippen LogP contribution in [0.25, 0.3) is 11.3 Å². The van der Waals surface area contributed by atoms with Crippen molar-refractivity contribution in [3.63, 3.8) is 0 Å². The molecule has 0 bridgehead atoms. The maximum atomic E-state index is 11.4. The third kappa shape index (κ3) is 2.04. The molecule has 0 saturated carbocycles. The number of anilines is 1. The number of methoxy groups -OCH3 is 1. The number of nitrogens with zero attached hydrogens (tertiary/aromatic N) is 1. The summed E-state index contributed by atoms with van der Waals surface area (Å²) in [6.45, 7) is 0. The highest BCUT2D eigenvalue weighted by Crippen LogP contribution is 2.23. The van der Waals surface area contributed by atoms with Gasteiger partial charge in [-0.25, -0.2) is 4.79 Å². The van der Waals surface area contributed by atoms with Crippen LogP contribution in [0.1, 0.15) is 15.9 Å². The number of ether oxygens (including phenoxy) is 1. The number of nitriles is 1. The predicted molar refractivity (Wildman–Crippen MR) is 66.7 cm³/mol. The van der Waals surface area contributed by atoms with Crippen molar-refractivity contribution in [1.29, 1.82) is 5.26 Å². The van der Waals surface area contributed by atoms with E-state index < -0.39 is 5.97 Å². The molecule has 0 unspecified atom stereocenters. The first kappa shape index (κ1) is 11.7. The first-order valence-electron chi connectivity index (χ1n) is 5.23. The molecule has 90 valence electrons. The minimum Gasteiger partial charge on any atom is -0.465 e. The number of benzene rings is 1. The first-order valence-corrected chi connectivity index (χ1v) is 5.23. The molecule has 5 heteroatoms. The Bertz CT molecular complexity index is 638. The lowest BCUT2D eigenvalue weighted by atomic mass is 10.1. The summed E-state index contributed by atoms with van der Waals surface area (Å²) in [6.07, 6.45) is 0. The van der Waals surface area contributed by atoms with Crippen LogP contribution in [0.3, 0.4) is 0 Å². The van der Waals surface area contributed by atoms with Gasteiger partial charge in [0, 0.05) is 5.69 Å². The lowest BCUT2D eigenvalue weighted by Gasteiger charge is -2.02. The van der Waals surface area contributed by atoms with Crippen LogP contribution in [0.2, 0.25) is 0 Å². The molecule has 0 aliphatic rings. The molecule has 3 N–H and O–H groups in total. The Hall–Kier alpha value is -2.74. The monoisotopic (exact) mass is 241 g/mol. The van der Waals surface area contributed by atoms with Gasteiger partial charge in [0.15, 0.2) is 0 Å². The number of carbonyl (C=O) groups is 1. The topological polar surface area (TPSA) is 91.9 Å². The molecule has 18 heavy (non-hydrogen) atoms. The summed E-state index contributed by atoms with van der Waals surface area (Å²) >= 11 is 0. The Morgan fingerprint density at radius 3 is 2.83 bits per heavy atom. The number of hydrogen-bond acceptors (Lipinski definition) is 4. The Morgan fingerprint density at radius 1 is 1.44 bits per heavy atom. The van der Waals surface area contributed by atoms with Crippen LogP contribution in [0.4, 0.5) is 5.82 Å². The third-order valence-corrected chi connectivity index (χ3v) is 2.56. The maximum Gasteiger partial charge on any atom is 0.337 e. The number of aromatic amines is 1. The number of H-pyrrole nitrogens is 1. The molecule has 0 aliphatic carbocycles. The van der Waals surface area contributed by atoms with Gasteiger partial charge >= 0.3 is 5.97 Å². The van der Waals surface area contributed by atoms with Crippen molar-refractivity contribution < 1.29 is 9.53 Å². The van der Waals surface area contributed by atoms with Crippen molar-refractivity contribution in [2.24, 2.45) is 0 Å². The summed E-state index contributed by atoms with van der Waals surface area (Å²) in [6, 6.07) is 10.5. The van der Waals surface area contributed by atoms with Crippen molar-refractivity contribution in [1.82, 2.24) is 4.98 Å². The minimum atomic E-state index is -0.406. The summed E-state index contributed by atoms with van der Waals surface area (Å²) < 4.78 is 4.65. The Labute approximate surface area is 104 Å². The van der Waals surface area contributed by atoms with E-state index in [-0.39, 0.29) is 0 Å². The van der Waals surface area contributed by atoms with Crippen LogP contribution in [-0.2, 0) is 4.74 Å². The van der Waals surface area contributed by atoms with E-state index in [2.05, 4.69) is 9.72 Å². The normalized spacial score (nSPS) is 9.78. The quantitative estimate of drug-likeness (QED) is 0.785. The molecule has 1 heterocycles. The van der Waals surface area contributed by atoms with Gasteiger partial charge < -0.3 is 15.5 Å². The van der Waals surface area contributed by atoms with Crippen molar-refractivity contribution in [2.75, 3.05) is 12.8 Å². The van der Waals surface area contributed by atoms with Crippen LogP contribution < -0.4 is 5.73 Å². The van der Waals surface area contributed by atoms with Gasteiger partial charge in [0.25, 0.3) is 0 Å². The number of rotatable bonds is 2. The Morgan fingerprint density at radius 2 is 2.22 bits per heavy atom. The van der Waals surface area contributed by atoms with Crippen LogP contribution >= 0.6 is 0 Å². The second kappa shape index (κ2) is 4.63. The van der Waals surface area contributed by atoms with Gasteiger partial charge in [0.2, 0.25) is 0 Å². The van der Waals surface area contributed by atoms with Crippen molar-refractivity contribution >= 4 is 11.8 Å². The Balaban J connectivity index is 2.45. The molecule has 1 aromatic heterocycles. The average molecular weight is 241 g/mol. The maximum absolute atomic E-state index is 11.4. The highest BCUT2D eigenvalue weighted by atomic mass is 16.5. The van der Waals surface area contributed by atoms with Gasteiger partial charge in [-0.15, -0.1) is 0 Å². The smallest absolute Gasteiger partial charge is 0.337 e. The van der Waals surface area contributed by atoms with E-state index in [1.54, 1.807) is 24.3 Å². The number of nitrogens with two attached hydrogens (primary N) is 1. The number of esters is 1. The first-order chi connectivity index (χ1) is 8.65. The lowest BCUT2D eigenvalue weighted by Crippen LogP contribution is -2.00. The molecule has 0 spiro atoms. The predicted octanol–water partition coefficient (Wildman–Crippen LogP) is 1.92. The molecule has 0 saturated heterocycles. The van der Waals surface area contributed by atoms with Gasteiger partial charge in [0.1, 0.15) is 11.9 Å². The fourth-order valence-corrected chi connectivity index (χ4v) is 1.65. The fraction of sp³-hybridized carbons (Fsp3) is 0.0769. The molecule has 0 amide bonds. The summed E-state index contributed by atoms with van der Waals surface area (Å²) in [4.78, 5) is 14.3. The zero-order chi connectivity index (χ0) is 13.1. The van der Waals surface area contributed by atoms with E-state index in [4.69, 9.17) is 11.0 Å². The fourth-order valence-electron chi connectivity index (χ4n) is 1.65. The van der Waals surface area contributed by atoms with Crippen molar-refractivity contribution in [3.05, 3.63) is 41.5 Å². The number of nitrogens with one attached hydrogen (secondary N) is 1. The average Bonchev–Trinajstić information content (AvgIpc) is 2.79. The molecule has 0 aliphatic heterocycles. The van der Waals surface area contributed by atoms with Gasteiger partial charge in [-0.1, -0.05) is 12.1 Å². The van der Waals surface area contributed by atoms with Crippen molar-refractivity contribution in [3.8, 4) is 17.3 Å². The highest BCUT2D eigenvalue weighted by Gasteiger charge is 2.10. The molecular weight excluding hydrogens is 230 g/mol. The van der Waals surface area contributed by atoms with Crippen LogP contribution in [0.5, 0.6) is 0 Å². The summed E-state index contributed by atoms with van der Waals surface area (Å²) in [7, 11) is 1.33. The third-order valence-electron chi connectivity index (χ3n) is 2.56. The standard InChI is InChI=1S/C13H11N3O2/c1-18-13(17)9-4-2-3-8(5-9)11-6-10(7-14)12(15)16-11/h2-6,16H,15H2,1H3. The second-order valence-corrected chi connectivity index (χ2v) is 3.69. The molecular formula is C13H11N3O2. The zero-order valence-electron chi connectivity index (χ0n) is 9.73. The number of nitrogen functional groups attached to an aromatic ring is 1. The van der Waals surface area contributed by atoms with E-state index in [0.29, 0.717) is 22.6 Å². The number of aromatic nitrogens is 1. The van der Waals surface area contributed by atoms with E-state index in [0.717, 1.165) is 5.56 Å². The van der Waals surface area contributed by atoms with E-state index in [1.807, 2.05) is 12.1 Å². The highest BCUT2D eigenvalue weighted by molar-refractivity contribution is 5.90. The molecule has 0 atom stereocenters. The molecule has 2 rings (SSSR count). The molecule has 0 fully saturated rings. The molecule has 2 aromatic rings. The van der Waals surface area contributed by atoms with E-state index in [1.165, 1.54) is 7.11 Å². The summed E-state index contributed by atoms with van der Waals surface area (Å²) in [5, 5.41) is 8.84.